The zero-order chi connectivity index (χ0) is 15.5. The average molecular weight is 322 g/mol. The van der Waals surface area contributed by atoms with Crippen LogP contribution in [0.4, 0.5) is 4.79 Å². The molecule has 1 aromatic carbocycles. The number of amides is 3. The van der Waals surface area contributed by atoms with E-state index in [4.69, 9.17) is 9.47 Å². The van der Waals surface area contributed by atoms with E-state index < -0.39 is 0 Å². The van der Waals surface area contributed by atoms with E-state index in [1.54, 1.807) is 18.2 Å². The molecule has 8 heteroatoms. The summed E-state index contributed by atoms with van der Waals surface area (Å²) in [5.41, 5.74) is 0.442. The first kappa shape index (κ1) is 14.7. The van der Waals surface area contributed by atoms with Crippen LogP contribution in [0, 0.1) is 0 Å². The summed E-state index contributed by atoms with van der Waals surface area (Å²) in [4.78, 5) is 36.1. The third-order valence-corrected chi connectivity index (χ3v) is 4.12. The summed E-state index contributed by atoms with van der Waals surface area (Å²) in [5.74, 6) is 0.829. The number of imide groups is 1. The first-order valence-corrected chi connectivity index (χ1v) is 7.78. The van der Waals surface area contributed by atoms with Gasteiger partial charge in [0.25, 0.3) is 11.1 Å². The van der Waals surface area contributed by atoms with Crippen LogP contribution in [0.2, 0.25) is 0 Å². The molecule has 2 heterocycles. The fourth-order valence-corrected chi connectivity index (χ4v) is 2.92. The minimum Gasteiger partial charge on any atom is -0.486 e. The lowest BCUT2D eigenvalue weighted by Crippen LogP contribution is -2.37. The van der Waals surface area contributed by atoms with Gasteiger partial charge < -0.3 is 14.8 Å². The number of fused-ring (bicyclic) bond motifs is 1. The molecule has 2 aliphatic heterocycles. The molecule has 0 radical (unpaired) electrons. The van der Waals surface area contributed by atoms with Crippen molar-refractivity contribution in [2.75, 3.05) is 32.1 Å². The maximum atomic E-state index is 12.1. The van der Waals surface area contributed by atoms with Gasteiger partial charge >= 0.3 is 0 Å². The van der Waals surface area contributed by atoms with Crippen molar-refractivity contribution in [2.24, 2.45) is 0 Å². The molecule has 0 saturated carbocycles. The third kappa shape index (κ3) is 3.01. The molecule has 0 aliphatic carbocycles. The number of thioether (sulfide) groups is 1. The summed E-state index contributed by atoms with van der Waals surface area (Å²) in [6, 6.07) is 4.95. The van der Waals surface area contributed by atoms with E-state index in [0.29, 0.717) is 30.3 Å². The molecule has 3 amide bonds. The van der Waals surface area contributed by atoms with Gasteiger partial charge in [0, 0.05) is 18.7 Å². The standard InChI is InChI=1S/C14H14N2O5S/c17-12-8-22-14(19)16(12)4-3-15-13(18)9-1-2-10-11(7-9)21-6-5-20-10/h1-2,7H,3-6,8H2,(H,15,18). The molecule has 7 nitrogen and oxygen atoms in total. The highest BCUT2D eigenvalue weighted by molar-refractivity contribution is 8.14. The second kappa shape index (κ2) is 6.27. The molecule has 1 saturated heterocycles. The van der Waals surface area contributed by atoms with Crippen LogP contribution in [0.1, 0.15) is 10.4 Å². The summed E-state index contributed by atoms with van der Waals surface area (Å²) in [6.45, 7) is 1.34. The number of carbonyl (C=O) groups is 3. The predicted octanol–water partition coefficient (Wildman–Crippen LogP) is 0.883. The summed E-state index contributed by atoms with van der Waals surface area (Å²) in [7, 11) is 0. The number of carbonyl (C=O) groups excluding carboxylic acids is 3. The van der Waals surface area contributed by atoms with Gasteiger partial charge in [0.1, 0.15) is 13.2 Å². The maximum Gasteiger partial charge on any atom is 0.288 e. The Morgan fingerprint density at radius 2 is 2.00 bits per heavy atom. The van der Waals surface area contributed by atoms with Crippen LogP contribution in [-0.4, -0.2) is 54.0 Å². The van der Waals surface area contributed by atoms with E-state index in [1.807, 2.05) is 0 Å². The topological polar surface area (TPSA) is 84.9 Å². The minimum atomic E-state index is -0.288. The van der Waals surface area contributed by atoms with Crippen LogP contribution in [-0.2, 0) is 4.79 Å². The zero-order valence-electron chi connectivity index (χ0n) is 11.7. The Morgan fingerprint density at radius 3 is 2.73 bits per heavy atom. The summed E-state index contributed by atoms with van der Waals surface area (Å²) < 4.78 is 10.8. The molecule has 0 atom stereocenters. The average Bonchev–Trinajstić information content (AvgIpc) is 2.86. The van der Waals surface area contributed by atoms with Gasteiger partial charge in [-0.05, 0) is 18.2 Å². The number of hydrogen-bond donors (Lipinski definition) is 1. The molecule has 0 bridgehead atoms. The van der Waals surface area contributed by atoms with E-state index in [9.17, 15) is 14.4 Å². The van der Waals surface area contributed by atoms with Crippen LogP contribution in [0.5, 0.6) is 11.5 Å². The Morgan fingerprint density at radius 1 is 1.23 bits per heavy atom. The lowest BCUT2D eigenvalue weighted by Gasteiger charge is -2.19. The van der Waals surface area contributed by atoms with Crippen LogP contribution >= 0.6 is 11.8 Å². The number of nitrogens with zero attached hydrogens (tertiary/aromatic N) is 1. The largest absolute Gasteiger partial charge is 0.486 e. The van der Waals surface area contributed by atoms with E-state index >= 15 is 0 Å². The van der Waals surface area contributed by atoms with Gasteiger partial charge in [-0.2, -0.15) is 0 Å². The predicted molar refractivity (Wildman–Crippen MR) is 79.3 cm³/mol. The fourth-order valence-electron chi connectivity index (χ4n) is 2.17. The molecular formula is C14H14N2O5S. The molecule has 1 fully saturated rings. The van der Waals surface area contributed by atoms with Crippen molar-refractivity contribution in [2.45, 2.75) is 0 Å². The summed E-state index contributed by atoms with van der Waals surface area (Å²) in [6.07, 6.45) is 0. The summed E-state index contributed by atoms with van der Waals surface area (Å²) >= 11 is 0.978. The monoisotopic (exact) mass is 322 g/mol. The summed E-state index contributed by atoms with van der Waals surface area (Å²) in [5, 5.41) is 2.42. The molecule has 0 unspecified atom stereocenters. The van der Waals surface area contributed by atoms with Crippen LogP contribution < -0.4 is 14.8 Å². The molecule has 22 heavy (non-hydrogen) atoms. The van der Waals surface area contributed by atoms with Crippen LogP contribution in [0.3, 0.4) is 0 Å². The Kier molecular flexibility index (Phi) is 4.19. The minimum absolute atomic E-state index is 0.176. The molecule has 0 spiro atoms. The van der Waals surface area contributed by atoms with Crippen molar-refractivity contribution in [1.29, 1.82) is 0 Å². The van der Waals surface area contributed by atoms with Crippen LogP contribution in [0.25, 0.3) is 0 Å². The second-order valence-corrected chi connectivity index (χ2v) is 5.64. The highest BCUT2D eigenvalue weighted by Gasteiger charge is 2.29. The van der Waals surface area contributed by atoms with Gasteiger partial charge in [-0.15, -0.1) is 0 Å². The van der Waals surface area contributed by atoms with Crippen molar-refractivity contribution < 1.29 is 23.9 Å². The normalized spacial score (nSPS) is 16.8. The first-order chi connectivity index (χ1) is 10.6. The molecule has 116 valence electrons. The van der Waals surface area contributed by atoms with E-state index in [1.165, 1.54) is 0 Å². The van der Waals surface area contributed by atoms with Crippen molar-refractivity contribution in [1.82, 2.24) is 10.2 Å². The first-order valence-electron chi connectivity index (χ1n) is 6.80. The van der Waals surface area contributed by atoms with Gasteiger partial charge in [-0.3, -0.25) is 19.3 Å². The Hall–Kier alpha value is -2.22. The molecule has 2 aliphatic rings. The molecule has 1 N–H and O–H groups in total. The van der Waals surface area contributed by atoms with Crippen molar-refractivity contribution in [3.8, 4) is 11.5 Å². The smallest absolute Gasteiger partial charge is 0.288 e. The maximum absolute atomic E-state index is 12.1. The molecular weight excluding hydrogens is 308 g/mol. The van der Waals surface area contributed by atoms with Crippen molar-refractivity contribution in [3.05, 3.63) is 23.8 Å². The number of nitrogens with one attached hydrogen (secondary N) is 1. The second-order valence-electron chi connectivity index (χ2n) is 4.71. The third-order valence-electron chi connectivity index (χ3n) is 3.27. The molecule has 1 aromatic rings. The fraction of sp³-hybridized carbons (Fsp3) is 0.357. The lowest BCUT2D eigenvalue weighted by atomic mass is 10.2. The number of rotatable bonds is 4. The van der Waals surface area contributed by atoms with E-state index in [-0.39, 0.29) is 35.9 Å². The Balaban J connectivity index is 1.56. The van der Waals surface area contributed by atoms with Gasteiger partial charge in [0.05, 0.1) is 5.75 Å². The van der Waals surface area contributed by atoms with E-state index in [2.05, 4.69) is 5.32 Å². The van der Waals surface area contributed by atoms with Gasteiger partial charge in [-0.25, -0.2) is 0 Å². The lowest BCUT2D eigenvalue weighted by molar-refractivity contribution is -0.124. The number of hydrogen-bond acceptors (Lipinski definition) is 6. The Bertz CT molecular complexity index is 618. The highest BCUT2D eigenvalue weighted by Crippen LogP contribution is 2.30. The SMILES string of the molecule is O=C(NCCN1C(=O)CSC1=O)c1ccc2c(c1)OCCO2. The van der Waals surface area contributed by atoms with Gasteiger partial charge in [0.15, 0.2) is 11.5 Å². The van der Waals surface area contributed by atoms with Crippen molar-refractivity contribution in [3.63, 3.8) is 0 Å². The van der Waals surface area contributed by atoms with Gasteiger partial charge in [-0.1, -0.05) is 11.8 Å². The van der Waals surface area contributed by atoms with Gasteiger partial charge in [0.2, 0.25) is 5.91 Å². The zero-order valence-corrected chi connectivity index (χ0v) is 12.5. The molecule has 3 rings (SSSR count). The quantitative estimate of drug-likeness (QED) is 0.886. The number of benzene rings is 1. The van der Waals surface area contributed by atoms with E-state index in [0.717, 1.165) is 16.7 Å². The highest BCUT2D eigenvalue weighted by atomic mass is 32.2. The Labute approximate surface area is 130 Å². The molecule has 0 aromatic heterocycles. The number of ether oxygens (including phenoxy) is 2. The van der Waals surface area contributed by atoms with Crippen molar-refractivity contribution >= 4 is 28.8 Å². The van der Waals surface area contributed by atoms with Crippen LogP contribution in [0.15, 0.2) is 18.2 Å².